The largest absolute Gasteiger partial charge is 0.466 e. The number of morpholine rings is 1. The van der Waals surface area contributed by atoms with E-state index in [-0.39, 0.29) is 17.4 Å². The fourth-order valence-corrected chi connectivity index (χ4v) is 2.04. The third-order valence-corrected chi connectivity index (χ3v) is 3.33. The van der Waals surface area contributed by atoms with Crippen molar-refractivity contribution >= 4 is 5.91 Å². The van der Waals surface area contributed by atoms with Crippen LogP contribution in [0.2, 0.25) is 0 Å². The summed E-state index contributed by atoms with van der Waals surface area (Å²) >= 11 is 0. The zero-order valence-corrected chi connectivity index (χ0v) is 11.8. The van der Waals surface area contributed by atoms with Crippen LogP contribution in [0.3, 0.4) is 0 Å². The number of carbonyl (C=O) groups is 1. The Labute approximate surface area is 113 Å². The van der Waals surface area contributed by atoms with Crippen LogP contribution in [0.4, 0.5) is 0 Å². The lowest BCUT2D eigenvalue weighted by Crippen LogP contribution is -2.49. The summed E-state index contributed by atoms with van der Waals surface area (Å²) in [7, 11) is 0. The maximum absolute atomic E-state index is 12.0. The average Bonchev–Trinajstić information content (AvgIpc) is 2.85. The van der Waals surface area contributed by atoms with Gasteiger partial charge in [0, 0.05) is 25.0 Å². The summed E-state index contributed by atoms with van der Waals surface area (Å²) in [6.07, 6.45) is -0.386. The standard InChI is InChI=1S/C14H22N2O3/c1-10-4-5-12(19-10)14(2,3)9-16-13(17)11-8-15-6-7-18-11/h4-5,11,15H,6-9H2,1-3H3,(H,16,17). The molecule has 19 heavy (non-hydrogen) atoms. The van der Waals surface area contributed by atoms with E-state index in [1.54, 1.807) is 0 Å². The van der Waals surface area contributed by atoms with Gasteiger partial charge < -0.3 is 19.8 Å². The van der Waals surface area contributed by atoms with Crippen molar-refractivity contribution in [2.75, 3.05) is 26.2 Å². The molecule has 2 rings (SSSR count). The summed E-state index contributed by atoms with van der Waals surface area (Å²) in [6, 6.07) is 3.90. The number of carbonyl (C=O) groups excluding carboxylic acids is 1. The maximum atomic E-state index is 12.0. The van der Waals surface area contributed by atoms with Crippen LogP contribution >= 0.6 is 0 Å². The van der Waals surface area contributed by atoms with Gasteiger partial charge in [0.2, 0.25) is 5.91 Å². The van der Waals surface area contributed by atoms with Crippen LogP contribution < -0.4 is 10.6 Å². The molecule has 0 aliphatic carbocycles. The molecule has 0 aromatic carbocycles. The first-order chi connectivity index (χ1) is 8.99. The molecule has 1 aromatic heterocycles. The van der Waals surface area contributed by atoms with Gasteiger partial charge in [-0.25, -0.2) is 0 Å². The van der Waals surface area contributed by atoms with E-state index in [4.69, 9.17) is 9.15 Å². The normalized spacial score (nSPS) is 20.3. The molecule has 1 saturated heterocycles. The molecule has 0 saturated carbocycles. The summed E-state index contributed by atoms with van der Waals surface area (Å²) in [4.78, 5) is 12.0. The van der Waals surface area contributed by atoms with Gasteiger partial charge >= 0.3 is 0 Å². The van der Waals surface area contributed by atoms with Gasteiger partial charge in [0.05, 0.1) is 6.61 Å². The minimum atomic E-state index is -0.386. The van der Waals surface area contributed by atoms with Crippen LogP contribution in [0.25, 0.3) is 0 Å². The maximum Gasteiger partial charge on any atom is 0.250 e. The fraction of sp³-hybridized carbons (Fsp3) is 0.643. The number of amides is 1. The number of nitrogens with one attached hydrogen (secondary N) is 2. The first-order valence-corrected chi connectivity index (χ1v) is 6.66. The molecule has 106 valence electrons. The topological polar surface area (TPSA) is 63.5 Å². The first-order valence-electron chi connectivity index (χ1n) is 6.66. The number of aryl methyl sites for hydroxylation is 1. The molecule has 5 nitrogen and oxygen atoms in total. The molecular weight excluding hydrogens is 244 g/mol. The molecule has 2 heterocycles. The number of hydrogen-bond donors (Lipinski definition) is 2. The lowest BCUT2D eigenvalue weighted by atomic mass is 9.90. The van der Waals surface area contributed by atoms with E-state index in [1.165, 1.54) is 0 Å². The molecule has 1 aromatic rings. The van der Waals surface area contributed by atoms with Crippen molar-refractivity contribution in [1.29, 1.82) is 0 Å². The van der Waals surface area contributed by atoms with Gasteiger partial charge in [-0.1, -0.05) is 13.8 Å². The molecule has 1 unspecified atom stereocenters. The predicted octanol–water partition coefficient (Wildman–Crippen LogP) is 0.970. The molecule has 1 amide bonds. The van der Waals surface area contributed by atoms with Crippen molar-refractivity contribution < 1.29 is 13.9 Å². The van der Waals surface area contributed by atoms with Crippen LogP contribution in [0, 0.1) is 6.92 Å². The Bertz CT molecular complexity index is 434. The van der Waals surface area contributed by atoms with Gasteiger partial charge in [-0.05, 0) is 19.1 Å². The van der Waals surface area contributed by atoms with Gasteiger partial charge in [0.1, 0.15) is 17.6 Å². The predicted molar refractivity (Wildman–Crippen MR) is 72.1 cm³/mol. The van der Waals surface area contributed by atoms with E-state index in [0.717, 1.165) is 18.1 Å². The zero-order valence-electron chi connectivity index (χ0n) is 11.8. The highest BCUT2D eigenvalue weighted by Gasteiger charge is 2.27. The highest BCUT2D eigenvalue weighted by Crippen LogP contribution is 2.24. The van der Waals surface area contributed by atoms with E-state index in [0.29, 0.717) is 19.7 Å². The number of ether oxygens (including phenoxy) is 1. The minimum Gasteiger partial charge on any atom is -0.466 e. The van der Waals surface area contributed by atoms with Crippen molar-refractivity contribution in [2.45, 2.75) is 32.3 Å². The third kappa shape index (κ3) is 3.58. The molecule has 0 radical (unpaired) electrons. The Hall–Kier alpha value is -1.33. The van der Waals surface area contributed by atoms with Crippen LogP contribution in [0.15, 0.2) is 16.5 Å². The molecule has 1 aliphatic heterocycles. The highest BCUT2D eigenvalue weighted by atomic mass is 16.5. The lowest BCUT2D eigenvalue weighted by Gasteiger charge is -2.26. The Kier molecular flexibility index (Phi) is 4.27. The Morgan fingerprint density at radius 3 is 2.89 bits per heavy atom. The Morgan fingerprint density at radius 2 is 2.32 bits per heavy atom. The number of furan rings is 1. The second-order valence-corrected chi connectivity index (χ2v) is 5.58. The lowest BCUT2D eigenvalue weighted by molar-refractivity contribution is -0.134. The smallest absolute Gasteiger partial charge is 0.250 e. The monoisotopic (exact) mass is 266 g/mol. The molecule has 1 aliphatic rings. The fourth-order valence-electron chi connectivity index (χ4n) is 2.04. The second kappa shape index (κ2) is 5.75. The zero-order chi connectivity index (χ0) is 13.9. The molecule has 2 N–H and O–H groups in total. The Morgan fingerprint density at radius 1 is 1.53 bits per heavy atom. The van der Waals surface area contributed by atoms with Gasteiger partial charge in [-0.3, -0.25) is 4.79 Å². The Balaban J connectivity index is 1.88. The molecule has 5 heteroatoms. The van der Waals surface area contributed by atoms with Gasteiger partial charge in [0.25, 0.3) is 0 Å². The summed E-state index contributed by atoms with van der Waals surface area (Å²) in [6.45, 7) is 8.50. The van der Waals surface area contributed by atoms with E-state index < -0.39 is 0 Å². The number of rotatable bonds is 4. The summed E-state index contributed by atoms with van der Waals surface area (Å²) in [5, 5.41) is 6.08. The highest BCUT2D eigenvalue weighted by molar-refractivity contribution is 5.81. The van der Waals surface area contributed by atoms with Crippen LogP contribution in [0.5, 0.6) is 0 Å². The van der Waals surface area contributed by atoms with E-state index in [1.807, 2.05) is 32.9 Å². The average molecular weight is 266 g/mol. The first kappa shape index (κ1) is 14.1. The molecule has 0 bridgehead atoms. The van der Waals surface area contributed by atoms with Crippen molar-refractivity contribution in [3.8, 4) is 0 Å². The summed E-state index contributed by atoms with van der Waals surface area (Å²) < 4.78 is 11.0. The van der Waals surface area contributed by atoms with E-state index >= 15 is 0 Å². The van der Waals surface area contributed by atoms with Crippen LogP contribution in [-0.2, 0) is 14.9 Å². The quantitative estimate of drug-likeness (QED) is 0.852. The van der Waals surface area contributed by atoms with Crippen LogP contribution in [-0.4, -0.2) is 38.3 Å². The van der Waals surface area contributed by atoms with Gasteiger partial charge in [-0.15, -0.1) is 0 Å². The van der Waals surface area contributed by atoms with Gasteiger partial charge in [-0.2, -0.15) is 0 Å². The summed E-state index contributed by atoms with van der Waals surface area (Å²) in [5.74, 6) is 1.70. The van der Waals surface area contributed by atoms with Crippen LogP contribution in [0.1, 0.15) is 25.4 Å². The van der Waals surface area contributed by atoms with Crippen molar-refractivity contribution in [2.24, 2.45) is 0 Å². The minimum absolute atomic E-state index is 0.0662. The molecule has 0 spiro atoms. The SMILES string of the molecule is Cc1ccc(C(C)(C)CNC(=O)C2CNCCO2)o1. The van der Waals surface area contributed by atoms with Crippen molar-refractivity contribution in [1.82, 2.24) is 10.6 Å². The van der Waals surface area contributed by atoms with Crippen molar-refractivity contribution in [3.63, 3.8) is 0 Å². The number of hydrogen-bond acceptors (Lipinski definition) is 4. The molecule has 1 fully saturated rings. The third-order valence-electron chi connectivity index (χ3n) is 3.33. The second-order valence-electron chi connectivity index (χ2n) is 5.58. The van der Waals surface area contributed by atoms with E-state index in [2.05, 4.69) is 10.6 Å². The molecule has 1 atom stereocenters. The summed E-state index contributed by atoms with van der Waals surface area (Å²) in [5.41, 5.74) is -0.230. The van der Waals surface area contributed by atoms with E-state index in [9.17, 15) is 4.79 Å². The van der Waals surface area contributed by atoms with Crippen molar-refractivity contribution in [3.05, 3.63) is 23.7 Å². The van der Waals surface area contributed by atoms with Gasteiger partial charge in [0.15, 0.2) is 0 Å². The molecular formula is C14H22N2O3.